The topological polar surface area (TPSA) is 71.2 Å². The third-order valence-electron chi connectivity index (χ3n) is 6.97. The van der Waals surface area contributed by atoms with Gasteiger partial charge in [-0.25, -0.2) is 9.07 Å². The van der Waals surface area contributed by atoms with Gasteiger partial charge in [-0.05, 0) is 67.3 Å². The quantitative estimate of drug-likeness (QED) is 0.620. The van der Waals surface area contributed by atoms with Gasteiger partial charge in [0.15, 0.2) is 0 Å². The number of aliphatic hydroxyl groups is 2. The summed E-state index contributed by atoms with van der Waals surface area (Å²) < 4.78 is 15.1. The van der Waals surface area contributed by atoms with E-state index in [0.717, 1.165) is 28.9 Å². The summed E-state index contributed by atoms with van der Waals surface area (Å²) in [7, 11) is 0. The van der Waals surface area contributed by atoms with Crippen molar-refractivity contribution in [1.82, 2.24) is 14.8 Å². The van der Waals surface area contributed by atoms with Crippen LogP contribution in [-0.4, -0.2) is 30.6 Å². The summed E-state index contributed by atoms with van der Waals surface area (Å²) in [5, 5.41) is 27.5. The van der Waals surface area contributed by atoms with Crippen LogP contribution >= 0.6 is 11.6 Å². The first-order valence-corrected chi connectivity index (χ1v) is 10.7. The molecule has 1 fully saturated rings. The average Bonchev–Trinajstić information content (AvgIpc) is 3.25. The molecule has 0 aliphatic heterocycles. The number of hydrogen-bond donors (Lipinski definition) is 2. The summed E-state index contributed by atoms with van der Waals surface area (Å²) in [4.78, 5) is 4.22. The fourth-order valence-electron chi connectivity index (χ4n) is 5.07. The second kappa shape index (κ2) is 7.26. The molecule has 2 aliphatic rings. The van der Waals surface area contributed by atoms with Gasteiger partial charge >= 0.3 is 0 Å². The Bertz CT molecular complexity index is 1180. The van der Waals surface area contributed by atoms with E-state index in [2.05, 4.69) is 23.1 Å². The Morgan fingerprint density at radius 2 is 2.03 bits per heavy atom. The third kappa shape index (κ3) is 3.30. The highest BCUT2D eigenvalue weighted by Crippen LogP contribution is 2.57. The van der Waals surface area contributed by atoms with E-state index in [1.807, 2.05) is 10.9 Å². The molecule has 7 heteroatoms. The SMILES string of the molecule is C[C@]12Cc3cnn(-c4ccc(F)cc4)c3C=C1CC[C@@]2(O)CC(O)c1cc(Cl)ccn1. The largest absolute Gasteiger partial charge is 0.389 e. The van der Waals surface area contributed by atoms with Crippen LogP contribution in [0.4, 0.5) is 4.39 Å². The first-order valence-electron chi connectivity index (χ1n) is 10.3. The molecule has 0 bridgehead atoms. The van der Waals surface area contributed by atoms with Gasteiger partial charge < -0.3 is 10.2 Å². The Morgan fingerprint density at radius 1 is 1.26 bits per heavy atom. The number of hydrogen-bond acceptors (Lipinski definition) is 4. The van der Waals surface area contributed by atoms with Gasteiger partial charge in [-0.3, -0.25) is 4.98 Å². The third-order valence-corrected chi connectivity index (χ3v) is 7.21. The van der Waals surface area contributed by atoms with Gasteiger partial charge in [-0.15, -0.1) is 0 Å². The van der Waals surface area contributed by atoms with Crippen molar-refractivity contribution in [3.63, 3.8) is 0 Å². The summed E-state index contributed by atoms with van der Waals surface area (Å²) in [5.74, 6) is -0.288. The Hall–Kier alpha value is -2.54. The maximum absolute atomic E-state index is 13.3. The number of pyridine rings is 1. The first kappa shape index (κ1) is 20.4. The van der Waals surface area contributed by atoms with Crippen molar-refractivity contribution in [2.75, 3.05) is 0 Å². The predicted octanol–water partition coefficient (Wildman–Crippen LogP) is 4.65. The average molecular weight is 440 g/mol. The normalized spacial score (nSPS) is 25.6. The van der Waals surface area contributed by atoms with Crippen LogP contribution < -0.4 is 0 Å². The highest BCUT2D eigenvalue weighted by Gasteiger charge is 2.55. The van der Waals surface area contributed by atoms with Crippen molar-refractivity contribution < 1.29 is 14.6 Å². The van der Waals surface area contributed by atoms with E-state index in [-0.39, 0.29) is 12.2 Å². The first-order chi connectivity index (χ1) is 14.8. The molecule has 0 amide bonds. The Kier molecular flexibility index (Phi) is 4.77. The molecule has 2 heterocycles. The van der Waals surface area contributed by atoms with E-state index in [1.54, 1.807) is 30.5 Å². The molecule has 1 unspecified atom stereocenters. The zero-order valence-corrected chi connectivity index (χ0v) is 17.8. The monoisotopic (exact) mass is 439 g/mol. The molecule has 2 aliphatic carbocycles. The van der Waals surface area contributed by atoms with Crippen LogP contribution in [0.3, 0.4) is 0 Å². The molecule has 0 saturated heterocycles. The minimum atomic E-state index is -1.09. The van der Waals surface area contributed by atoms with E-state index in [9.17, 15) is 14.6 Å². The van der Waals surface area contributed by atoms with Crippen LogP contribution in [0.15, 0.2) is 54.4 Å². The molecule has 0 radical (unpaired) electrons. The molecule has 2 N–H and O–H groups in total. The number of aromatic nitrogens is 3. The van der Waals surface area contributed by atoms with E-state index in [1.165, 1.54) is 12.1 Å². The zero-order valence-electron chi connectivity index (χ0n) is 17.1. The lowest BCUT2D eigenvalue weighted by Crippen LogP contribution is -2.46. The number of aliphatic hydroxyl groups excluding tert-OH is 1. The maximum atomic E-state index is 13.3. The van der Waals surface area contributed by atoms with Crippen molar-refractivity contribution in [1.29, 1.82) is 0 Å². The molecule has 2 aromatic heterocycles. The van der Waals surface area contributed by atoms with Gasteiger partial charge in [-0.1, -0.05) is 24.1 Å². The van der Waals surface area contributed by atoms with Crippen LogP contribution in [0.1, 0.15) is 49.2 Å². The van der Waals surface area contributed by atoms with Crippen LogP contribution in [0.25, 0.3) is 11.8 Å². The van der Waals surface area contributed by atoms with Gasteiger partial charge in [0.05, 0.1) is 35.0 Å². The molecule has 3 aromatic rings. The standard InChI is InChI=1S/C24H23ClFN3O2/c1-23-12-15-14-28-29(19-4-2-18(26)3-5-19)21(15)10-16(23)6-8-24(23,31)13-22(30)20-11-17(25)7-9-27-20/h2-5,7,9-11,14,22,30-31H,6,8,12-13H2,1H3/t22?,23-,24+/m0/s1. The summed E-state index contributed by atoms with van der Waals surface area (Å²) in [5.41, 5.74) is 2.76. The fourth-order valence-corrected chi connectivity index (χ4v) is 5.24. The van der Waals surface area contributed by atoms with Crippen LogP contribution in [0.5, 0.6) is 0 Å². The molecule has 1 aromatic carbocycles. The second-order valence-corrected chi connectivity index (χ2v) is 9.21. The number of rotatable bonds is 4. The fraction of sp³-hybridized carbons (Fsp3) is 0.333. The lowest BCUT2D eigenvalue weighted by atomic mass is 9.65. The van der Waals surface area contributed by atoms with E-state index in [4.69, 9.17) is 11.6 Å². The Labute approximate surface area is 184 Å². The minimum Gasteiger partial charge on any atom is -0.389 e. The summed E-state index contributed by atoms with van der Waals surface area (Å²) in [6.45, 7) is 2.06. The number of halogens is 2. The summed E-state index contributed by atoms with van der Waals surface area (Å²) in [6.07, 6.45) is 6.63. The molecule has 160 valence electrons. The van der Waals surface area contributed by atoms with Crippen molar-refractivity contribution >= 4 is 17.7 Å². The van der Waals surface area contributed by atoms with Gasteiger partial charge in [0.2, 0.25) is 0 Å². The highest BCUT2D eigenvalue weighted by molar-refractivity contribution is 6.30. The van der Waals surface area contributed by atoms with E-state index >= 15 is 0 Å². The Morgan fingerprint density at radius 3 is 2.77 bits per heavy atom. The van der Waals surface area contributed by atoms with Crippen molar-refractivity contribution in [2.24, 2.45) is 5.41 Å². The van der Waals surface area contributed by atoms with Crippen molar-refractivity contribution in [3.05, 3.63) is 82.2 Å². The van der Waals surface area contributed by atoms with Crippen LogP contribution in [0, 0.1) is 11.2 Å². The summed E-state index contributed by atoms with van der Waals surface area (Å²) >= 11 is 6.04. The minimum absolute atomic E-state index is 0.176. The van der Waals surface area contributed by atoms with Crippen LogP contribution in [-0.2, 0) is 6.42 Å². The molecular weight excluding hydrogens is 417 g/mol. The van der Waals surface area contributed by atoms with Crippen molar-refractivity contribution in [2.45, 2.75) is 44.3 Å². The molecule has 31 heavy (non-hydrogen) atoms. The Balaban J connectivity index is 1.46. The second-order valence-electron chi connectivity index (χ2n) is 8.77. The van der Waals surface area contributed by atoms with Gasteiger partial charge in [0.25, 0.3) is 0 Å². The smallest absolute Gasteiger partial charge is 0.123 e. The van der Waals surface area contributed by atoms with Crippen LogP contribution in [0.2, 0.25) is 5.02 Å². The number of fused-ring (bicyclic) bond motifs is 2. The highest BCUT2D eigenvalue weighted by atomic mass is 35.5. The molecular formula is C24H23ClFN3O2. The lowest BCUT2D eigenvalue weighted by Gasteiger charge is -2.43. The predicted molar refractivity (Wildman–Crippen MR) is 116 cm³/mol. The molecule has 5 nitrogen and oxygen atoms in total. The van der Waals surface area contributed by atoms with Gasteiger partial charge in [-0.2, -0.15) is 5.10 Å². The van der Waals surface area contributed by atoms with Gasteiger partial charge in [0.1, 0.15) is 5.82 Å². The van der Waals surface area contributed by atoms with Gasteiger partial charge in [0, 0.05) is 23.1 Å². The van der Waals surface area contributed by atoms with E-state index in [0.29, 0.717) is 23.6 Å². The molecule has 3 atom stereocenters. The molecule has 0 spiro atoms. The molecule has 5 rings (SSSR count). The number of nitrogens with zero attached hydrogens (tertiary/aromatic N) is 3. The summed E-state index contributed by atoms with van der Waals surface area (Å²) in [6, 6.07) is 9.54. The molecule has 1 saturated carbocycles. The van der Waals surface area contributed by atoms with E-state index < -0.39 is 17.1 Å². The lowest BCUT2D eigenvalue weighted by molar-refractivity contribution is -0.0747. The zero-order chi connectivity index (χ0) is 21.8. The number of benzene rings is 1. The maximum Gasteiger partial charge on any atom is 0.123 e. The van der Waals surface area contributed by atoms with Crippen molar-refractivity contribution in [3.8, 4) is 5.69 Å².